The summed E-state index contributed by atoms with van der Waals surface area (Å²) in [5.41, 5.74) is 8.89. The lowest BCUT2D eigenvalue weighted by Crippen LogP contribution is -2.53. The van der Waals surface area contributed by atoms with E-state index in [1.54, 1.807) is 57.1 Å². The molecule has 1 aliphatic heterocycles. The highest BCUT2D eigenvalue weighted by atomic mass is 35.5. The molecule has 0 saturated carbocycles. The predicted octanol–water partition coefficient (Wildman–Crippen LogP) is 3.27. The lowest BCUT2D eigenvalue weighted by atomic mass is 10.1. The molecule has 240 valence electrons. The molecule has 5 rings (SSSR count). The minimum absolute atomic E-state index is 0.0997. The maximum Gasteiger partial charge on any atom is 0.317 e. The van der Waals surface area contributed by atoms with Crippen molar-refractivity contribution >= 4 is 47.2 Å². The van der Waals surface area contributed by atoms with Crippen LogP contribution in [0.25, 0.3) is 16.9 Å². The second-order valence-corrected chi connectivity index (χ2v) is 10.2. The zero-order chi connectivity index (χ0) is 33.2. The summed E-state index contributed by atoms with van der Waals surface area (Å²) < 4.78 is 21.6. The number of carboxylic acid groups (broad SMARTS) is 1. The standard InChI is InChI=1S/C29H29ClFN9O3.CH2O2/c1-18-16-19(2-3-20(18)28(41)38-11-13-39(14-12-38)29(42)35-8-6-32)37-26-27-36-17-22(40(27)10-9-34-26)21-4-5-23(43-15-7-33)25(31)24(21)30;2-1-3/h2-5,9-10,16-17H,6,8,11-15,32H2,1H3,(H,34,37)(H,35,42);1H,(H,2,3). The maximum absolute atomic E-state index is 14.8. The molecular formula is C30H31ClFN9O5. The van der Waals surface area contributed by atoms with Crippen molar-refractivity contribution in [2.75, 3.05) is 51.2 Å². The summed E-state index contributed by atoms with van der Waals surface area (Å²) in [5, 5.41) is 21.4. The van der Waals surface area contributed by atoms with E-state index in [4.69, 9.17) is 37.2 Å². The van der Waals surface area contributed by atoms with Gasteiger partial charge in [-0.05, 0) is 42.8 Å². The number of benzene rings is 2. The highest BCUT2D eigenvalue weighted by Crippen LogP contribution is 2.36. The maximum atomic E-state index is 14.8. The van der Waals surface area contributed by atoms with E-state index >= 15 is 0 Å². The third-order valence-corrected chi connectivity index (χ3v) is 7.41. The van der Waals surface area contributed by atoms with Crippen LogP contribution >= 0.6 is 11.6 Å². The highest BCUT2D eigenvalue weighted by molar-refractivity contribution is 6.33. The predicted molar refractivity (Wildman–Crippen MR) is 168 cm³/mol. The molecule has 2 aromatic carbocycles. The molecule has 46 heavy (non-hydrogen) atoms. The number of nitrogens with one attached hydrogen (secondary N) is 2. The van der Waals surface area contributed by atoms with Crippen LogP contribution in [0, 0.1) is 24.1 Å². The lowest BCUT2D eigenvalue weighted by molar-refractivity contribution is -0.122. The molecule has 14 nitrogen and oxygen atoms in total. The van der Waals surface area contributed by atoms with Gasteiger partial charge < -0.3 is 36.0 Å². The van der Waals surface area contributed by atoms with Crippen LogP contribution in [0.3, 0.4) is 0 Å². The van der Waals surface area contributed by atoms with E-state index in [9.17, 15) is 14.0 Å². The van der Waals surface area contributed by atoms with Crippen molar-refractivity contribution < 1.29 is 28.6 Å². The van der Waals surface area contributed by atoms with E-state index in [0.717, 1.165) is 5.56 Å². The van der Waals surface area contributed by atoms with Gasteiger partial charge in [-0.2, -0.15) is 5.26 Å². The van der Waals surface area contributed by atoms with Gasteiger partial charge in [0.25, 0.3) is 12.4 Å². The minimum atomic E-state index is -0.767. The Morgan fingerprint density at radius 1 is 1.20 bits per heavy atom. The first-order chi connectivity index (χ1) is 22.2. The Balaban J connectivity index is 0.00000154. The zero-order valence-corrected chi connectivity index (χ0v) is 25.5. The fourth-order valence-electron chi connectivity index (χ4n) is 4.85. The summed E-state index contributed by atoms with van der Waals surface area (Å²) in [6.07, 6.45) is 4.83. The van der Waals surface area contributed by atoms with Crippen LogP contribution in [0.2, 0.25) is 5.02 Å². The van der Waals surface area contributed by atoms with E-state index < -0.39 is 5.82 Å². The first kappa shape index (κ1) is 33.4. The van der Waals surface area contributed by atoms with Crippen LogP contribution in [-0.4, -0.2) is 93.6 Å². The number of nitrogens with two attached hydrogens (primary N) is 1. The molecule has 4 aromatic rings. The molecular weight excluding hydrogens is 621 g/mol. The largest absolute Gasteiger partial charge is 0.483 e. The summed E-state index contributed by atoms with van der Waals surface area (Å²) in [5.74, 6) is -0.533. The third-order valence-electron chi connectivity index (χ3n) is 7.04. The number of amides is 3. The van der Waals surface area contributed by atoms with Crippen molar-refractivity contribution in [3.63, 3.8) is 0 Å². The number of fused-ring (bicyclic) bond motifs is 1. The molecule has 1 fully saturated rings. The average molecular weight is 652 g/mol. The lowest BCUT2D eigenvalue weighted by Gasteiger charge is -2.35. The van der Waals surface area contributed by atoms with Crippen LogP contribution in [0.4, 0.5) is 20.7 Å². The SMILES string of the molecule is Cc1cc(Nc2nccn3c(-c4ccc(OCC#N)c(F)c4Cl)cnc23)ccc1C(=O)N1CCN(C(=O)NCCN)CC1.O=CO. The van der Waals surface area contributed by atoms with Crippen molar-refractivity contribution in [3.8, 4) is 23.1 Å². The Morgan fingerprint density at radius 3 is 2.59 bits per heavy atom. The number of imidazole rings is 1. The van der Waals surface area contributed by atoms with Gasteiger partial charge in [-0.3, -0.25) is 14.0 Å². The number of hydrogen-bond acceptors (Lipinski definition) is 9. The summed E-state index contributed by atoms with van der Waals surface area (Å²) in [6.45, 7) is 3.85. The van der Waals surface area contributed by atoms with Gasteiger partial charge in [0, 0.05) is 68.5 Å². The molecule has 0 radical (unpaired) electrons. The quantitative estimate of drug-likeness (QED) is 0.206. The molecule has 16 heteroatoms. The van der Waals surface area contributed by atoms with E-state index in [2.05, 4.69) is 20.6 Å². The number of nitrogens with zero attached hydrogens (tertiary/aromatic N) is 6. The van der Waals surface area contributed by atoms with E-state index in [1.165, 1.54) is 6.07 Å². The minimum Gasteiger partial charge on any atom is -0.483 e. The van der Waals surface area contributed by atoms with Crippen LogP contribution < -0.4 is 21.1 Å². The molecule has 1 saturated heterocycles. The number of aryl methyl sites for hydroxylation is 1. The highest BCUT2D eigenvalue weighted by Gasteiger charge is 2.26. The molecule has 3 heterocycles. The van der Waals surface area contributed by atoms with Crippen molar-refractivity contribution in [3.05, 3.63) is 70.9 Å². The average Bonchev–Trinajstić information content (AvgIpc) is 3.49. The van der Waals surface area contributed by atoms with Crippen LogP contribution in [0.5, 0.6) is 5.75 Å². The fourth-order valence-corrected chi connectivity index (χ4v) is 5.10. The summed E-state index contributed by atoms with van der Waals surface area (Å²) in [7, 11) is 0. The summed E-state index contributed by atoms with van der Waals surface area (Å²) in [6, 6.07) is 10.0. The number of halogens is 2. The fraction of sp³-hybridized carbons (Fsp3) is 0.267. The van der Waals surface area contributed by atoms with Crippen LogP contribution in [-0.2, 0) is 4.79 Å². The Morgan fingerprint density at radius 2 is 1.91 bits per heavy atom. The van der Waals surface area contributed by atoms with Gasteiger partial charge in [-0.25, -0.2) is 19.2 Å². The van der Waals surface area contributed by atoms with E-state index in [1.807, 2.05) is 13.0 Å². The van der Waals surface area contributed by atoms with Crippen molar-refractivity contribution in [2.24, 2.45) is 5.73 Å². The Hall–Kier alpha value is -5.46. The second-order valence-electron chi connectivity index (χ2n) is 9.86. The van der Waals surface area contributed by atoms with E-state index in [0.29, 0.717) is 73.2 Å². The van der Waals surface area contributed by atoms with Crippen molar-refractivity contribution in [1.82, 2.24) is 29.5 Å². The van der Waals surface area contributed by atoms with Gasteiger partial charge in [0.05, 0.1) is 16.9 Å². The van der Waals surface area contributed by atoms with Gasteiger partial charge >= 0.3 is 6.03 Å². The number of rotatable bonds is 8. The van der Waals surface area contributed by atoms with Crippen molar-refractivity contribution in [2.45, 2.75) is 6.92 Å². The number of nitriles is 1. The molecule has 0 spiro atoms. The molecule has 3 amide bonds. The summed E-state index contributed by atoms with van der Waals surface area (Å²) in [4.78, 5) is 46.1. The molecule has 0 atom stereocenters. The number of piperazine rings is 1. The summed E-state index contributed by atoms with van der Waals surface area (Å²) >= 11 is 6.33. The first-order valence-corrected chi connectivity index (χ1v) is 14.4. The zero-order valence-electron chi connectivity index (χ0n) is 24.7. The number of aromatic nitrogens is 3. The molecule has 2 aromatic heterocycles. The van der Waals surface area contributed by atoms with Gasteiger partial charge in [0.15, 0.2) is 29.6 Å². The van der Waals surface area contributed by atoms with Crippen LogP contribution in [0.15, 0.2) is 48.9 Å². The number of hydrogen-bond donors (Lipinski definition) is 4. The Labute approximate surface area is 268 Å². The Kier molecular flexibility index (Phi) is 11.3. The topological polar surface area (TPSA) is 191 Å². The smallest absolute Gasteiger partial charge is 0.317 e. The van der Waals surface area contributed by atoms with E-state index in [-0.39, 0.29) is 35.8 Å². The number of carbonyl (C=O) groups excluding carboxylic acids is 2. The third kappa shape index (κ3) is 7.42. The molecule has 0 aliphatic carbocycles. The van der Waals surface area contributed by atoms with Crippen LogP contribution in [0.1, 0.15) is 15.9 Å². The molecule has 0 bridgehead atoms. The van der Waals surface area contributed by atoms with Gasteiger partial charge in [-0.15, -0.1) is 0 Å². The number of anilines is 2. The molecule has 1 aliphatic rings. The van der Waals surface area contributed by atoms with Gasteiger partial charge in [-0.1, -0.05) is 11.6 Å². The Bertz CT molecular complexity index is 1770. The second kappa shape index (κ2) is 15.5. The molecule has 0 unspecified atom stereocenters. The van der Waals surface area contributed by atoms with Gasteiger partial charge in [0.2, 0.25) is 0 Å². The first-order valence-electron chi connectivity index (χ1n) is 14.0. The van der Waals surface area contributed by atoms with Gasteiger partial charge in [0.1, 0.15) is 6.07 Å². The van der Waals surface area contributed by atoms with Crippen molar-refractivity contribution in [1.29, 1.82) is 5.26 Å². The normalized spacial score (nSPS) is 12.5. The number of urea groups is 1. The molecule has 5 N–H and O–H groups in total. The monoisotopic (exact) mass is 651 g/mol. The number of carbonyl (C=O) groups is 3. The number of ether oxygens (including phenoxy) is 1.